The number of anilines is 2. The Bertz CT molecular complexity index is 1520. The molecule has 1 fully saturated rings. The van der Waals surface area contributed by atoms with Crippen LogP contribution in [0.5, 0.6) is 0 Å². The smallest absolute Gasteiger partial charge is 0.266 e. The van der Waals surface area contributed by atoms with Crippen molar-refractivity contribution >= 4 is 34.0 Å². The van der Waals surface area contributed by atoms with E-state index in [2.05, 4.69) is 30.9 Å². The fourth-order valence-corrected chi connectivity index (χ4v) is 5.58. The monoisotopic (exact) mass is 464 g/mol. The number of aryl methyl sites for hydroxylation is 3. The Hall–Kier alpha value is -3.93. The molecule has 2 aliphatic rings. The molecule has 1 saturated heterocycles. The maximum absolute atomic E-state index is 13.9. The van der Waals surface area contributed by atoms with Crippen LogP contribution in [0.15, 0.2) is 48.5 Å². The van der Waals surface area contributed by atoms with Crippen LogP contribution in [-0.4, -0.2) is 34.7 Å². The molecule has 1 aromatic heterocycles. The van der Waals surface area contributed by atoms with E-state index >= 15 is 0 Å². The van der Waals surface area contributed by atoms with Gasteiger partial charge in [-0.1, -0.05) is 18.2 Å². The van der Waals surface area contributed by atoms with Crippen LogP contribution in [0.2, 0.25) is 0 Å². The molecule has 0 unspecified atom stereocenters. The SMILES string of the molecule is Cc1ccc(-n2nc(C)c(N3C(=O)c4cccc5c(N6CCCC6)ccc(c45)C3=O)c2C)cc1C. The number of carbonyl (C=O) groups is 2. The Morgan fingerprint density at radius 3 is 2.23 bits per heavy atom. The second-order valence-electron chi connectivity index (χ2n) is 9.70. The van der Waals surface area contributed by atoms with Crippen molar-refractivity contribution in [3.8, 4) is 5.69 Å². The number of rotatable bonds is 3. The average molecular weight is 465 g/mol. The average Bonchev–Trinajstić information content (AvgIpc) is 3.48. The Kier molecular flexibility index (Phi) is 4.81. The summed E-state index contributed by atoms with van der Waals surface area (Å²) in [5.74, 6) is -0.588. The number of hydrogen-bond acceptors (Lipinski definition) is 4. The largest absolute Gasteiger partial charge is 0.371 e. The first kappa shape index (κ1) is 21.6. The van der Waals surface area contributed by atoms with Crippen molar-refractivity contribution in [2.75, 3.05) is 22.9 Å². The van der Waals surface area contributed by atoms with Crippen LogP contribution < -0.4 is 9.80 Å². The second kappa shape index (κ2) is 7.80. The van der Waals surface area contributed by atoms with Gasteiger partial charge < -0.3 is 4.90 Å². The molecule has 6 rings (SSSR count). The van der Waals surface area contributed by atoms with Crippen LogP contribution in [0.25, 0.3) is 16.5 Å². The summed E-state index contributed by atoms with van der Waals surface area (Å²) in [4.78, 5) is 31.4. The molecule has 35 heavy (non-hydrogen) atoms. The lowest BCUT2D eigenvalue weighted by atomic mass is 9.92. The Balaban J connectivity index is 1.50. The quantitative estimate of drug-likeness (QED) is 0.367. The van der Waals surface area contributed by atoms with Crippen LogP contribution in [0.1, 0.15) is 56.1 Å². The molecule has 3 aromatic carbocycles. The maximum Gasteiger partial charge on any atom is 0.266 e. The van der Waals surface area contributed by atoms with Gasteiger partial charge in [-0.2, -0.15) is 5.10 Å². The second-order valence-corrected chi connectivity index (χ2v) is 9.70. The van der Waals surface area contributed by atoms with Gasteiger partial charge in [-0.05, 0) is 82.0 Å². The maximum atomic E-state index is 13.9. The molecule has 0 aliphatic carbocycles. The third-order valence-electron chi connectivity index (χ3n) is 7.54. The molecule has 0 radical (unpaired) electrons. The van der Waals surface area contributed by atoms with Crippen LogP contribution in [0.3, 0.4) is 0 Å². The number of amides is 2. The third-order valence-corrected chi connectivity index (χ3v) is 7.54. The summed E-state index contributed by atoms with van der Waals surface area (Å²) in [6, 6.07) is 15.9. The van der Waals surface area contributed by atoms with Crippen molar-refractivity contribution < 1.29 is 9.59 Å². The highest BCUT2D eigenvalue weighted by Crippen LogP contribution is 2.40. The van der Waals surface area contributed by atoms with E-state index in [1.807, 2.05) is 54.9 Å². The van der Waals surface area contributed by atoms with E-state index in [1.165, 1.54) is 10.5 Å². The number of carbonyl (C=O) groups excluding carboxylic acids is 2. The van der Waals surface area contributed by atoms with Crippen molar-refractivity contribution in [3.05, 3.63) is 82.2 Å². The van der Waals surface area contributed by atoms with E-state index in [0.717, 1.165) is 59.3 Å². The summed E-state index contributed by atoms with van der Waals surface area (Å²) in [5.41, 5.74) is 7.48. The van der Waals surface area contributed by atoms with Gasteiger partial charge in [0, 0.05) is 40.7 Å². The highest BCUT2D eigenvalue weighted by molar-refractivity contribution is 6.36. The van der Waals surface area contributed by atoms with Gasteiger partial charge >= 0.3 is 0 Å². The molecule has 2 aliphatic heterocycles. The molecule has 6 nitrogen and oxygen atoms in total. The van der Waals surface area contributed by atoms with E-state index in [1.54, 1.807) is 0 Å². The van der Waals surface area contributed by atoms with E-state index < -0.39 is 0 Å². The predicted molar refractivity (Wildman–Crippen MR) is 139 cm³/mol. The molecule has 0 saturated carbocycles. The first-order valence-electron chi connectivity index (χ1n) is 12.2. The number of hydrogen-bond donors (Lipinski definition) is 0. The summed E-state index contributed by atoms with van der Waals surface area (Å²) in [5, 5.41) is 6.47. The van der Waals surface area contributed by atoms with Crippen molar-refractivity contribution in [1.82, 2.24) is 9.78 Å². The zero-order valence-electron chi connectivity index (χ0n) is 20.6. The third kappa shape index (κ3) is 3.13. The van der Waals surface area contributed by atoms with Crippen molar-refractivity contribution in [3.63, 3.8) is 0 Å². The number of nitrogens with zero attached hydrogens (tertiary/aromatic N) is 4. The van der Waals surface area contributed by atoms with E-state index in [4.69, 9.17) is 5.10 Å². The van der Waals surface area contributed by atoms with E-state index in [9.17, 15) is 9.59 Å². The molecule has 2 amide bonds. The highest BCUT2D eigenvalue weighted by atomic mass is 16.2. The van der Waals surface area contributed by atoms with Crippen LogP contribution in [-0.2, 0) is 0 Å². The van der Waals surface area contributed by atoms with Gasteiger partial charge in [-0.3, -0.25) is 9.59 Å². The zero-order valence-corrected chi connectivity index (χ0v) is 20.6. The summed E-state index contributed by atoms with van der Waals surface area (Å²) in [7, 11) is 0. The lowest BCUT2D eigenvalue weighted by Crippen LogP contribution is -2.41. The molecular weight excluding hydrogens is 436 g/mol. The molecule has 176 valence electrons. The van der Waals surface area contributed by atoms with Gasteiger partial charge in [-0.15, -0.1) is 0 Å². The standard InChI is InChI=1S/C29H28N4O2/c1-17-10-11-21(16-18(17)2)33-20(4)27(19(3)30-33)32-28(34)23-9-7-8-22-25(31-14-5-6-15-31)13-12-24(26(22)23)29(32)35/h7-13,16H,5-6,14-15H2,1-4H3. The van der Waals surface area contributed by atoms with Crippen LogP contribution in [0.4, 0.5) is 11.4 Å². The number of benzene rings is 3. The molecule has 0 spiro atoms. The lowest BCUT2D eigenvalue weighted by molar-refractivity contribution is 0.0893. The van der Waals surface area contributed by atoms with Gasteiger partial charge in [0.05, 0.1) is 22.8 Å². The molecule has 6 heteroatoms. The number of aromatic nitrogens is 2. The van der Waals surface area contributed by atoms with Gasteiger partial charge in [0.15, 0.2) is 0 Å². The summed E-state index contributed by atoms with van der Waals surface area (Å²) < 4.78 is 1.82. The summed E-state index contributed by atoms with van der Waals surface area (Å²) in [6.07, 6.45) is 2.33. The molecule has 4 aromatic rings. The normalized spacial score (nSPS) is 15.5. The molecular formula is C29H28N4O2. The van der Waals surface area contributed by atoms with Gasteiger partial charge in [-0.25, -0.2) is 9.58 Å². The summed E-state index contributed by atoms with van der Waals surface area (Å²) >= 11 is 0. The fraction of sp³-hybridized carbons (Fsp3) is 0.276. The minimum absolute atomic E-state index is 0.294. The van der Waals surface area contributed by atoms with Gasteiger partial charge in [0.25, 0.3) is 11.8 Å². The first-order chi connectivity index (χ1) is 16.9. The van der Waals surface area contributed by atoms with E-state index in [-0.39, 0.29) is 11.8 Å². The Labute approximate surface area is 204 Å². The molecule has 0 bridgehead atoms. The molecule has 0 N–H and O–H groups in total. The number of imide groups is 1. The Morgan fingerprint density at radius 2 is 1.51 bits per heavy atom. The Morgan fingerprint density at radius 1 is 0.800 bits per heavy atom. The minimum atomic E-state index is -0.294. The van der Waals surface area contributed by atoms with Crippen LogP contribution in [0, 0.1) is 27.7 Å². The van der Waals surface area contributed by atoms with Gasteiger partial charge in [0.1, 0.15) is 0 Å². The van der Waals surface area contributed by atoms with Gasteiger partial charge in [0.2, 0.25) is 0 Å². The topological polar surface area (TPSA) is 58.4 Å². The highest BCUT2D eigenvalue weighted by Gasteiger charge is 2.37. The van der Waals surface area contributed by atoms with Crippen LogP contribution >= 0.6 is 0 Å². The molecule has 0 atom stereocenters. The fourth-order valence-electron chi connectivity index (χ4n) is 5.58. The first-order valence-corrected chi connectivity index (χ1v) is 12.2. The summed E-state index contributed by atoms with van der Waals surface area (Å²) in [6.45, 7) is 9.91. The molecule has 3 heterocycles. The van der Waals surface area contributed by atoms with Crippen molar-refractivity contribution in [1.29, 1.82) is 0 Å². The van der Waals surface area contributed by atoms with Crippen molar-refractivity contribution in [2.24, 2.45) is 0 Å². The zero-order chi connectivity index (χ0) is 24.4. The van der Waals surface area contributed by atoms with Crippen molar-refractivity contribution in [2.45, 2.75) is 40.5 Å². The predicted octanol–water partition coefficient (Wildman–Crippen LogP) is 5.66. The lowest BCUT2D eigenvalue weighted by Gasteiger charge is -2.29. The minimum Gasteiger partial charge on any atom is -0.371 e. The van der Waals surface area contributed by atoms with E-state index in [0.29, 0.717) is 22.5 Å².